The molecule has 0 unspecified atom stereocenters. The van der Waals surface area contributed by atoms with Gasteiger partial charge in [0.15, 0.2) is 0 Å². The largest absolute Gasteiger partial charge is 0.337 e. The molecule has 0 bridgehead atoms. The summed E-state index contributed by atoms with van der Waals surface area (Å²) in [7, 11) is 0. The van der Waals surface area contributed by atoms with Gasteiger partial charge in [-0.15, -0.1) is 0 Å². The van der Waals surface area contributed by atoms with Crippen LogP contribution >= 0.6 is 0 Å². The molecule has 0 atom stereocenters. The van der Waals surface area contributed by atoms with Gasteiger partial charge >= 0.3 is 5.69 Å². The van der Waals surface area contributed by atoms with Gasteiger partial charge in [0.05, 0.1) is 22.4 Å². The van der Waals surface area contributed by atoms with Gasteiger partial charge in [0.1, 0.15) is 5.69 Å². The van der Waals surface area contributed by atoms with Crippen LogP contribution in [0.5, 0.6) is 0 Å². The fourth-order valence-corrected chi connectivity index (χ4v) is 5.34. The zero-order valence-electron chi connectivity index (χ0n) is 21.0. The molecule has 37 heavy (non-hydrogen) atoms. The van der Waals surface area contributed by atoms with Gasteiger partial charge in [-0.3, -0.25) is 9.36 Å². The number of aryl methyl sites for hydroxylation is 2. The molecule has 6 rings (SSSR count). The van der Waals surface area contributed by atoms with E-state index in [-0.39, 0.29) is 17.6 Å². The topological polar surface area (TPSA) is 75.9 Å². The van der Waals surface area contributed by atoms with Crippen molar-refractivity contribution >= 4 is 16.9 Å². The minimum Gasteiger partial charge on any atom is -0.337 e. The second-order valence-corrected chi connectivity index (χ2v) is 9.82. The lowest BCUT2D eigenvalue weighted by Gasteiger charge is -2.32. The maximum Gasteiger partial charge on any atom is 0.326 e. The molecule has 0 aliphatic carbocycles. The zero-order chi connectivity index (χ0) is 25.5. The first-order valence-corrected chi connectivity index (χ1v) is 12.7. The Morgan fingerprint density at radius 3 is 2.43 bits per heavy atom. The first-order chi connectivity index (χ1) is 18.0. The monoisotopic (exact) mass is 491 g/mol. The van der Waals surface area contributed by atoms with E-state index in [0.717, 1.165) is 51.9 Å². The summed E-state index contributed by atoms with van der Waals surface area (Å²) in [5, 5.41) is 4.89. The van der Waals surface area contributed by atoms with E-state index in [1.165, 1.54) is 0 Å². The predicted octanol–water partition coefficient (Wildman–Crippen LogP) is 5.28. The Balaban J connectivity index is 1.32. The number of likely N-dealkylation sites (tertiary alicyclic amines) is 1. The van der Waals surface area contributed by atoms with Gasteiger partial charge in [0.25, 0.3) is 5.91 Å². The number of carbonyl (C=O) groups is 1. The summed E-state index contributed by atoms with van der Waals surface area (Å²) >= 11 is 0. The van der Waals surface area contributed by atoms with Crippen molar-refractivity contribution in [1.82, 2.24) is 24.2 Å². The standard InChI is InChI=1S/C30H29N5O2/c1-20-12-13-21(2)27(18-20)35-28(19-25(32-35)22-8-4-3-5-9-22)29(36)33-16-14-23(15-17-33)34-26-11-7-6-10-24(26)31-30(34)37/h3-13,18-19,23H,14-17H2,1-2H3,(H,31,37). The van der Waals surface area contributed by atoms with Gasteiger partial charge in [-0.05, 0) is 62.1 Å². The molecule has 1 N–H and O–H groups in total. The maximum absolute atomic E-state index is 13.9. The lowest BCUT2D eigenvalue weighted by molar-refractivity contribution is 0.0685. The highest BCUT2D eigenvalue weighted by Crippen LogP contribution is 2.28. The van der Waals surface area contributed by atoms with Crippen molar-refractivity contribution in [3.8, 4) is 16.9 Å². The summed E-state index contributed by atoms with van der Waals surface area (Å²) in [6.45, 7) is 5.24. The number of H-pyrrole nitrogens is 1. The Bertz CT molecular complexity index is 1650. The van der Waals surface area contributed by atoms with Crippen molar-refractivity contribution in [2.45, 2.75) is 32.7 Å². The van der Waals surface area contributed by atoms with Gasteiger partial charge in [0.2, 0.25) is 0 Å². The molecule has 3 aromatic carbocycles. The first kappa shape index (κ1) is 23.0. The van der Waals surface area contributed by atoms with Crippen LogP contribution in [0.25, 0.3) is 28.0 Å². The number of fused-ring (bicyclic) bond motifs is 1. The zero-order valence-corrected chi connectivity index (χ0v) is 21.0. The quantitative estimate of drug-likeness (QED) is 0.372. The second kappa shape index (κ2) is 9.24. The molecule has 0 saturated carbocycles. The molecule has 5 aromatic rings. The Kier molecular flexibility index (Phi) is 5.75. The van der Waals surface area contributed by atoms with E-state index < -0.39 is 0 Å². The summed E-state index contributed by atoms with van der Waals surface area (Å²) in [5.74, 6) is -0.0414. The summed E-state index contributed by atoms with van der Waals surface area (Å²) < 4.78 is 3.65. The van der Waals surface area contributed by atoms with E-state index >= 15 is 0 Å². The number of benzene rings is 3. The number of rotatable bonds is 4. The van der Waals surface area contributed by atoms with Gasteiger partial charge in [0, 0.05) is 24.7 Å². The molecule has 7 heteroatoms. The molecule has 7 nitrogen and oxygen atoms in total. The Labute approximate surface area is 215 Å². The average molecular weight is 492 g/mol. The maximum atomic E-state index is 13.9. The number of hydrogen-bond acceptors (Lipinski definition) is 3. The minimum absolute atomic E-state index is 0.0414. The van der Waals surface area contributed by atoms with Gasteiger partial charge in [-0.25, -0.2) is 9.48 Å². The van der Waals surface area contributed by atoms with Gasteiger partial charge in [-0.1, -0.05) is 54.6 Å². The normalized spacial score (nSPS) is 14.4. The van der Waals surface area contributed by atoms with E-state index in [1.807, 2.05) is 84.0 Å². The summed E-state index contributed by atoms with van der Waals surface area (Å²) in [4.78, 5) is 31.4. The lowest BCUT2D eigenvalue weighted by atomic mass is 10.0. The SMILES string of the molecule is Cc1ccc(C)c(-n2nc(-c3ccccc3)cc2C(=O)N2CCC(n3c(=O)[nH]c4ccccc43)CC2)c1. The van der Waals surface area contributed by atoms with Crippen LogP contribution < -0.4 is 5.69 Å². The average Bonchev–Trinajstić information content (AvgIpc) is 3.51. The third-order valence-electron chi connectivity index (χ3n) is 7.33. The number of amides is 1. The number of nitrogens with zero attached hydrogens (tertiary/aromatic N) is 4. The van der Waals surface area contributed by atoms with E-state index in [2.05, 4.69) is 23.2 Å². The van der Waals surface area contributed by atoms with Crippen molar-refractivity contribution in [2.75, 3.05) is 13.1 Å². The van der Waals surface area contributed by atoms with E-state index in [4.69, 9.17) is 5.10 Å². The third-order valence-corrected chi connectivity index (χ3v) is 7.33. The molecule has 2 aromatic heterocycles. The number of hydrogen-bond donors (Lipinski definition) is 1. The van der Waals surface area contributed by atoms with E-state index in [0.29, 0.717) is 18.8 Å². The molecule has 3 heterocycles. The fraction of sp³-hybridized carbons (Fsp3) is 0.233. The summed E-state index contributed by atoms with van der Waals surface area (Å²) in [6, 6.07) is 25.9. The first-order valence-electron chi connectivity index (χ1n) is 12.7. The van der Waals surface area contributed by atoms with Crippen molar-refractivity contribution in [2.24, 2.45) is 0 Å². The highest BCUT2D eigenvalue weighted by Gasteiger charge is 2.29. The third kappa shape index (κ3) is 4.16. The van der Waals surface area contributed by atoms with Crippen molar-refractivity contribution in [3.05, 3.63) is 106 Å². The minimum atomic E-state index is -0.0912. The molecule has 0 spiro atoms. The van der Waals surface area contributed by atoms with Crippen molar-refractivity contribution < 1.29 is 4.79 Å². The number of piperidine rings is 1. The van der Waals surface area contributed by atoms with Crippen molar-refractivity contribution in [1.29, 1.82) is 0 Å². The molecule has 0 radical (unpaired) electrons. The van der Waals surface area contributed by atoms with Crippen LogP contribution in [-0.2, 0) is 0 Å². The lowest BCUT2D eigenvalue weighted by Crippen LogP contribution is -2.41. The Morgan fingerprint density at radius 2 is 1.65 bits per heavy atom. The van der Waals surface area contributed by atoms with Crippen LogP contribution in [0, 0.1) is 13.8 Å². The Morgan fingerprint density at radius 1 is 0.919 bits per heavy atom. The Hall–Kier alpha value is -4.39. The molecule has 1 saturated heterocycles. The molecular weight excluding hydrogens is 462 g/mol. The molecule has 1 aliphatic heterocycles. The molecule has 1 fully saturated rings. The van der Waals surface area contributed by atoms with Crippen LogP contribution in [0.15, 0.2) is 83.7 Å². The predicted molar refractivity (Wildman–Crippen MR) is 145 cm³/mol. The van der Waals surface area contributed by atoms with E-state index in [1.54, 1.807) is 4.68 Å². The van der Waals surface area contributed by atoms with Gasteiger partial charge < -0.3 is 9.88 Å². The number of aromatic nitrogens is 4. The highest BCUT2D eigenvalue weighted by atomic mass is 16.2. The number of carbonyl (C=O) groups excluding carboxylic acids is 1. The molecule has 1 amide bonds. The van der Waals surface area contributed by atoms with Crippen LogP contribution in [0.1, 0.15) is 40.5 Å². The summed E-state index contributed by atoms with van der Waals surface area (Å²) in [6.07, 6.45) is 1.44. The molecule has 1 aliphatic rings. The second-order valence-electron chi connectivity index (χ2n) is 9.82. The van der Waals surface area contributed by atoms with E-state index in [9.17, 15) is 9.59 Å². The number of para-hydroxylation sites is 2. The number of imidazole rings is 1. The van der Waals surface area contributed by atoms with Gasteiger partial charge in [-0.2, -0.15) is 5.10 Å². The molecular formula is C30H29N5O2. The van der Waals surface area contributed by atoms with Crippen LogP contribution in [-0.4, -0.2) is 43.2 Å². The molecule has 186 valence electrons. The summed E-state index contributed by atoms with van der Waals surface area (Å²) in [5.41, 5.74) is 7.03. The number of nitrogens with one attached hydrogen (secondary N) is 1. The van der Waals surface area contributed by atoms with Crippen LogP contribution in [0.2, 0.25) is 0 Å². The smallest absolute Gasteiger partial charge is 0.326 e. The van der Waals surface area contributed by atoms with Crippen LogP contribution in [0.4, 0.5) is 0 Å². The fourth-order valence-electron chi connectivity index (χ4n) is 5.34. The van der Waals surface area contributed by atoms with Crippen molar-refractivity contribution in [3.63, 3.8) is 0 Å². The van der Waals surface area contributed by atoms with Crippen LogP contribution in [0.3, 0.4) is 0 Å². The number of aromatic amines is 1. The highest BCUT2D eigenvalue weighted by molar-refractivity contribution is 5.94.